The van der Waals surface area contributed by atoms with E-state index >= 15 is 0 Å². The monoisotopic (exact) mass is 225 g/mol. The molecular formula is C12H16FNO2. The summed E-state index contributed by atoms with van der Waals surface area (Å²) >= 11 is 0. The molecule has 0 aliphatic carbocycles. The number of halogens is 1. The van der Waals surface area contributed by atoms with Gasteiger partial charge in [-0.05, 0) is 43.5 Å². The lowest BCUT2D eigenvalue weighted by Crippen LogP contribution is -2.11. The molecule has 1 heterocycles. The molecule has 1 aromatic carbocycles. The fourth-order valence-electron chi connectivity index (χ4n) is 2.11. The van der Waals surface area contributed by atoms with Crippen LogP contribution in [0.25, 0.3) is 0 Å². The highest BCUT2D eigenvalue weighted by molar-refractivity contribution is 5.42. The Balaban J connectivity index is 2.18. The molecule has 0 bridgehead atoms. The number of nitrogens with one attached hydrogen (secondary N) is 1. The van der Waals surface area contributed by atoms with E-state index in [1.807, 2.05) is 0 Å². The predicted molar refractivity (Wildman–Crippen MR) is 59.3 cm³/mol. The Bertz CT molecular complexity index is 376. The molecule has 3 nitrogen and oxygen atoms in total. The van der Waals surface area contributed by atoms with Gasteiger partial charge < -0.3 is 15.2 Å². The molecule has 16 heavy (non-hydrogen) atoms. The topological polar surface area (TPSA) is 41.5 Å². The minimum absolute atomic E-state index is 0.0887. The van der Waals surface area contributed by atoms with Gasteiger partial charge in [0.1, 0.15) is 0 Å². The van der Waals surface area contributed by atoms with Crippen molar-refractivity contribution in [3.8, 4) is 11.5 Å². The molecule has 1 atom stereocenters. The Hall–Kier alpha value is -1.29. The number of aromatic hydroxyl groups is 1. The lowest BCUT2D eigenvalue weighted by atomic mass is 9.98. The van der Waals surface area contributed by atoms with Crippen molar-refractivity contribution in [3.05, 3.63) is 23.5 Å². The molecule has 1 aromatic rings. The second-order valence-corrected chi connectivity index (χ2v) is 4.15. The van der Waals surface area contributed by atoms with Gasteiger partial charge in [-0.15, -0.1) is 0 Å². The Morgan fingerprint density at radius 1 is 1.56 bits per heavy atom. The molecule has 2 N–H and O–H groups in total. The molecule has 0 spiro atoms. The highest BCUT2D eigenvalue weighted by Gasteiger charge is 2.19. The Morgan fingerprint density at radius 2 is 2.38 bits per heavy atom. The van der Waals surface area contributed by atoms with Gasteiger partial charge in [-0.25, -0.2) is 0 Å². The maximum atomic E-state index is 13.5. The summed E-state index contributed by atoms with van der Waals surface area (Å²) in [5.74, 6) is -0.360. The second kappa shape index (κ2) is 4.70. The first-order valence-electron chi connectivity index (χ1n) is 5.47. The molecule has 0 saturated carbocycles. The van der Waals surface area contributed by atoms with E-state index in [1.165, 1.54) is 7.11 Å². The van der Waals surface area contributed by atoms with Crippen molar-refractivity contribution in [1.29, 1.82) is 0 Å². The first-order chi connectivity index (χ1) is 7.72. The number of methoxy groups -OCH3 is 1. The van der Waals surface area contributed by atoms with Crippen LogP contribution in [0.1, 0.15) is 12.0 Å². The van der Waals surface area contributed by atoms with Gasteiger partial charge >= 0.3 is 0 Å². The van der Waals surface area contributed by atoms with Crippen LogP contribution in [0.2, 0.25) is 0 Å². The van der Waals surface area contributed by atoms with Gasteiger partial charge in [-0.2, -0.15) is 4.39 Å². The molecule has 1 saturated heterocycles. The van der Waals surface area contributed by atoms with E-state index in [2.05, 4.69) is 5.32 Å². The fraction of sp³-hybridized carbons (Fsp3) is 0.500. The van der Waals surface area contributed by atoms with Gasteiger partial charge in [0.05, 0.1) is 7.11 Å². The van der Waals surface area contributed by atoms with Crippen molar-refractivity contribution in [2.45, 2.75) is 12.8 Å². The molecule has 0 amide bonds. The van der Waals surface area contributed by atoms with E-state index < -0.39 is 5.82 Å². The van der Waals surface area contributed by atoms with Crippen LogP contribution in [0.15, 0.2) is 12.1 Å². The zero-order valence-electron chi connectivity index (χ0n) is 9.29. The lowest BCUT2D eigenvalue weighted by Gasteiger charge is -2.12. The van der Waals surface area contributed by atoms with Crippen LogP contribution in [0.4, 0.5) is 4.39 Å². The molecule has 2 rings (SSSR count). The standard InChI is InChI=1S/C12H16FNO2/c1-16-10-3-2-9(12(15)11(10)13)6-8-4-5-14-7-8/h2-3,8,14-15H,4-7H2,1H3. The fourth-order valence-corrected chi connectivity index (χ4v) is 2.11. The minimum atomic E-state index is -0.661. The SMILES string of the molecule is COc1ccc(CC2CCNC2)c(O)c1F. The van der Waals surface area contributed by atoms with E-state index in [-0.39, 0.29) is 11.5 Å². The van der Waals surface area contributed by atoms with Crippen molar-refractivity contribution in [2.75, 3.05) is 20.2 Å². The summed E-state index contributed by atoms with van der Waals surface area (Å²) in [6.45, 7) is 1.94. The van der Waals surface area contributed by atoms with Gasteiger partial charge in [0.2, 0.25) is 5.82 Å². The van der Waals surface area contributed by atoms with Crippen LogP contribution >= 0.6 is 0 Å². The van der Waals surface area contributed by atoms with E-state index in [4.69, 9.17) is 4.74 Å². The van der Waals surface area contributed by atoms with Crippen molar-refractivity contribution in [2.24, 2.45) is 5.92 Å². The van der Waals surface area contributed by atoms with E-state index in [1.54, 1.807) is 12.1 Å². The molecule has 0 aromatic heterocycles. The number of phenolic OH excluding ortho intramolecular Hbond substituents is 1. The average Bonchev–Trinajstić information content (AvgIpc) is 2.78. The van der Waals surface area contributed by atoms with Crippen molar-refractivity contribution < 1.29 is 14.2 Å². The molecule has 1 aliphatic rings. The molecule has 88 valence electrons. The summed E-state index contributed by atoms with van der Waals surface area (Å²) in [7, 11) is 1.39. The number of rotatable bonds is 3. The average molecular weight is 225 g/mol. The first-order valence-corrected chi connectivity index (χ1v) is 5.47. The van der Waals surface area contributed by atoms with Crippen molar-refractivity contribution >= 4 is 0 Å². The summed E-state index contributed by atoms with van der Waals surface area (Å²) in [4.78, 5) is 0. The molecule has 1 unspecified atom stereocenters. The smallest absolute Gasteiger partial charge is 0.206 e. The zero-order chi connectivity index (χ0) is 11.5. The molecule has 1 fully saturated rings. The van der Waals surface area contributed by atoms with Crippen molar-refractivity contribution in [3.63, 3.8) is 0 Å². The number of phenols is 1. The third-order valence-electron chi connectivity index (χ3n) is 3.06. The first kappa shape index (κ1) is 11.2. The van der Waals surface area contributed by atoms with Gasteiger partial charge in [0.25, 0.3) is 0 Å². The molecule has 0 radical (unpaired) electrons. The third kappa shape index (κ3) is 2.11. The number of hydrogen-bond donors (Lipinski definition) is 2. The highest BCUT2D eigenvalue weighted by Crippen LogP contribution is 2.31. The van der Waals surface area contributed by atoms with Gasteiger partial charge in [0, 0.05) is 0 Å². The van der Waals surface area contributed by atoms with Crippen LogP contribution in [0.5, 0.6) is 11.5 Å². The van der Waals surface area contributed by atoms with Crippen LogP contribution in [-0.2, 0) is 6.42 Å². The summed E-state index contributed by atoms with van der Waals surface area (Å²) in [5, 5.41) is 12.9. The largest absolute Gasteiger partial charge is 0.505 e. The van der Waals surface area contributed by atoms with E-state index in [9.17, 15) is 9.50 Å². The van der Waals surface area contributed by atoms with Crippen LogP contribution < -0.4 is 10.1 Å². The van der Waals surface area contributed by atoms with Crippen molar-refractivity contribution in [1.82, 2.24) is 5.32 Å². The Labute approximate surface area is 94.2 Å². The summed E-state index contributed by atoms with van der Waals surface area (Å²) in [5.41, 5.74) is 0.659. The summed E-state index contributed by atoms with van der Waals surface area (Å²) in [6, 6.07) is 3.29. The van der Waals surface area contributed by atoms with Gasteiger partial charge in [-0.3, -0.25) is 0 Å². The summed E-state index contributed by atoms with van der Waals surface area (Å²) in [6.07, 6.45) is 1.78. The van der Waals surface area contributed by atoms with Crippen LogP contribution in [0.3, 0.4) is 0 Å². The normalized spacial score (nSPS) is 20.0. The zero-order valence-corrected chi connectivity index (χ0v) is 9.29. The molecular weight excluding hydrogens is 209 g/mol. The van der Waals surface area contributed by atoms with Crippen LogP contribution in [-0.4, -0.2) is 25.3 Å². The maximum Gasteiger partial charge on any atom is 0.206 e. The Morgan fingerprint density at radius 3 is 3.00 bits per heavy atom. The number of benzene rings is 1. The quantitative estimate of drug-likeness (QED) is 0.822. The van der Waals surface area contributed by atoms with E-state index in [0.29, 0.717) is 17.9 Å². The number of hydrogen-bond acceptors (Lipinski definition) is 3. The number of ether oxygens (including phenoxy) is 1. The summed E-state index contributed by atoms with van der Waals surface area (Å²) < 4.78 is 18.3. The second-order valence-electron chi connectivity index (χ2n) is 4.15. The molecule has 1 aliphatic heterocycles. The predicted octanol–water partition coefficient (Wildman–Crippen LogP) is 1.69. The van der Waals surface area contributed by atoms with Gasteiger partial charge in [-0.1, -0.05) is 6.07 Å². The van der Waals surface area contributed by atoms with Crippen LogP contribution in [0, 0.1) is 11.7 Å². The van der Waals surface area contributed by atoms with Gasteiger partial charge in [0.15, 0.2) is 11.5 Å². The highest BCUT2D eigenvalue weighted by atomic mass is 19.1. The Kier molecular flexibility index (Phi) is 3.29. The molecule has 4 heteroatoms. The third-order valence-corrected chi connectivity index (χ3v) is 3.06. The van der Waals surface area contributed by atoms with E-state index in [0.717, 1.165) is 19.5 Å². The lowest BCUT2D eigenvalue weighted by molar-refractivity contribution is 0.360. The minimum Gasteiger partial charge on any atom is -0.505 e. The maximum absolute atomic E-state index is 13.5.